The summed E-state index contributed by atoms with van der Waals surface area (Å²) in [6.45, 7) is 5.53. The van der Waals surface area contributed by atoms with Crippen molar-refractivity contribution in [2.24, 2.45) is 4.99 Å². The Morgan fingerprint density at radius 2 is 2.00 bits per heavy atom. The minimum Gasteiger partial charge on any atom is -0.492 e. The second-order valence-corrected chi connectivity index (χ2v) is 6.99. The Hall–Kier alpha value is -0.770. The maximum absolute atomic E-state index is 5.88. The third-order valence-electron chi connectivity index (χ3n) is 4.56. The van der Waals surface area contributed by atoms with Crippen LogP contribution in [0.1, 0.15) is 0 Å². The van der Waals surface area contributed by atoms with Crippen LogP contribution in [0.25, 0.3) is 0 Å². The average Bonchev–Trinajstić information content (AvgIpc) is 2.60. The lowest BCUT2D eigenvalue weighted by molar-refractivity contribution is 0.116. The fourth-order valence-corrected chi connectivity index (χ4v) is 2.98. The van der Waals surface area contributed by atoms with Crippen molar-refractivity contribution in [1.29, 1.82) is 0 Å². The summed E-state index contributed by atoms with van der Waals surface area (Å²) in [5.41, 5.74) is 0. The van der Waals surface area contributed by atoms with Gasteiger partial charge in [-0.25, -0.2) is 0 Å². The standard InChI is InChI=1S/C18H30ClN5O.HI/c1-20-18(21-13-16-14-22(2)9-10-23(16)3)24(4)11-12-25-17-7-5-15(19)6-8-17;/h5-8,16H,9-14H2,1-4H3,(H,20,21);1H. The van der Waals surface area contributed by atoms with Crippen LogP contribution < -0.4 is 10.1 Å². The van der Waals surface area contributed by atoms with Gasteiger partial charge in [-0.15, -0.1) is 24.0 Å². The molecule has 0 spiro atoms. The summed E-state index contributed by atoms with van der Waals surface area (Å²) < 4.78 is 5.75. The fraction of sp³-hybridized carbons (Fsp3) is 0.611. The topological polar surface area (TPSA) is 43.3 Å². The van der Waals surface area contributed by atoms with Crippen LogP contribution in [-0.2, 0) is 0 Å². The molecule has 1 aromatic carbocycles. The van der Waals surface area contributed by atoms with Gasteiger partial charge >= 0.3 is 0 Å². The Morgan fingerprint density at radius 1 is 1.31 bits per heavy atom. The highest BCUT2D eigenvalue weighted by Gasteiger charge is 2.22. The monoisotopic (exact) mass is 495 g/mol. The molecule has 0 aromatic heterocycles. The van der Waals surface area contributed by atoms with Gasteiger partial charge in [-0.2, -0.15) is 0 Å². The molecule has 1 aliphatic rings. The molecule has 1 aliphatic heterocycles. The van der Waals surface area contributed by atoms with Crippen molar-refractivity contribution in [3.05, 3.63) is 29.3 Å². The van der Waals surface area contributed by atoms with Crippen molar-refractivity contribution < 1.29 is 4.74 Å². The lowest BCUT2D eigenvalue weighted by Gasteiger charge is -2.38. The van der Waals surface area contributed by atoms with Gasteiger partial charge in [0.1, 0.15) is 12.4 Å². The first-order chi connectivity index (χ1) is 12.0. The van der Waals surface area contributed by atoms with E-state index in [0.717, 1.165) is 44.4 Å². The lowest BCUT2D eigenvalue weighted by Crippen LogP contribution is -2.55. The number of halogens is 2. The number of nitrogens with zero attached hydrogens (tertiary/aromatic N) is 4. The summed E-state index contributed by atoms with van der Waals surface area (Å²) >= 11 is 5.88. The Labute approximate surface area is 179 Å². The van der Waals surface area contributed by atoms with Crippen LogP contribution in [0.15, 0.2) is 29.3 Å². The number of ether oxygens (including phenoxy) is 1. The number of likely N-dealkylation sites (N-methyl/N-ethyl adjacent to an activating group) is 3. The van der Waals surface area contributed by atoms with Crippen molar-refractivity contribution in [3.63, 3.8) is 0 Å². The van der Waals surface area contributed by atoms with E-state index in [4.69, 9.17) is 16.3 Å². The van der Waals surface area contributed by atoms with Gasteiger partial charge in [-0.05, 0) is 38.4 Å². The van der Waals surface area contributed by atoms with E-state index in [1.807, 2.05) is 38.4 Å². The normalized spacial score (nSPS) is 19.0. The molecule has 1 aromatic rings. The second-order valence-electron chi connectivity index (χ2n) is 6.55. The molecule has 0 saturated carbocycles. The molecule has 6 nitrogen and oxygen atoms in total. The van der Waals surface area contributed by atoms with E-state index in [2.05, 4.69) is 39.1 Å². The Morgan fingerprint density at radius 3 is 2.65 bits per heavy atom. The van der Waals surface area contributed by atoms with E-state index >= 15 is 0 Å². The zero-order valence-electron chi connectivity index (χ0n) is 16.1. The van der Waals surface area contributed by atoms with E-state index < -0.39 is 0 Å². The molecule has 148 valence electrons. The maximum Gasteiger partial charge on any atom is 0.193 e. The Bertz CT molecular complexity index is 557. The molecule has 0 bridgehead atoms. The van der Waals surface area contributed by atoms with E-state index in [1.54, 1.807) is 0 Å². The van der Waals surface area contributed by atoms with E-state index in [-0.39, 0.29) is 24.0 Å². The maximum atomic E-state index is 5.88. The summed E-state index contributed by atoms with van der Waals surface area (Å²) in [6, 6.07) is 7.92. The number of nitrogens with one attached hydrogen (secondary N) is 1. The zero-order chi connectivity index (χ0) is 18.2. The molecule has 0 aliphatic carbocycles. The molecule has 1 atom stereocenters. The third-order valence-corrected chi connectivity index (χ3v) is 4.81. The summed E-state index contributed by atoms with van der Waals surface area (Å²) in [7, 11) is 8.20. The molecular formula is C18H31ClIN5O. The van der Waals surface area contributed by atoms with Gasteiger partial charge in [0.2, 0.25) is 0 Å². The number of guanidine groups is 1. The van der Waals surface area contributed by atoms with Gasteiger partial charge in [-0.1, -0.05) is 11.6 Å². The number of aliphatic imine (C=N–C) groups is 1. The molecule has 1 heterocycles. The van der Waals surface area contributed by atoms with Crippen LogP contribution >= 0.6 is 35.6 Å². The molecule has 2 rings (SSSR count). The Balaban J connectivity index is 0.00000338. The second kappa shape index (κ2) is 11.8. The van der Waals surface area contributed by atoms with E-state index in [9.17, 15) is 0 Å². The summed E-state index contributed by atoms with van der Waals surface area (Å²) in [5, 5.41) is 4.20. The van der Waals surface area contributed by atoms with Crippen molar-refractivity contribution in [2.45, 2.75) is 6.04 Å². The average molecular weight is 496 g/mol. The molecule has 1 fully saturated rings. The molecule has 8 heteroatoms. The number of hydrogen-bond donors (Lipinski definition) is 1. The van der Waals surface area contributed by atoms with Gasteiger partial charge in [0.05, 0.1) is 6.54 Å². The summed E-state index contributed by atoms with van der Waals surface area (Å²) in [4.78, 5) is 11.2. The summed E-state index contributed by atoms with van der Waals surface area (Å²) in [6.07, 6.45) is 0. The zero-order valence-corrected chi connectivity index (χ0v) is 19.2. The fourth-order valence-electron chi connectivity index (χ4n) is 2.85. The highest BCUT2D eigenvalue weighted by molar-refractivity contribution is 14.0. The smallest absolute Gasteiger partial charge is 0.193 e. The molecule has 1 N–H and O–H groups in total. The molecule has 0 amide bonds. The predicted molar refractivity (Wildman–Crippen MR) is 120 cm³/mol. The van der Waals surface area contributed by atoms with Crippen molar-refractivity contribution >= 4 is 41.5 Å². The van der Waals surface area contributed by atoms with Crippen LogP contribution in [0.5, 0.6) is 5.75 Å². The number of hydrogen-bond acceptors (Lipinski definition) is 4. The van der Waals surface area contributed by atoms with Gasteiger partial charge in [0, 0.05) is 51.3 Å². The quantitative estimate of drug-likeness (QED) is 0.372. The van der Waals surface area contributed by atoms with E-state index in [1.165, 1.54) is 0 Å². The molecule has 1 saturated heterocycles. The van der Waals surface area contributed by atoms with Gasteiger partial charge < -0.3 is 19.9 Å². The minimum atomic E-state index is 0. The van der Waals surface area contributed by atoms with Crippen LogP contribution in [0.2, 0.25) is 5.02 Å². The van der Waals surface area contributed by atoms with Crippen LogP contribution in [-0.4, -0.2) is 94.2 Å². The number of benzene rings is 1. The number of piperazine rings is 1. The van der Waals surface area contributed by atoms with E-state index in [0.29, 0.717) is 17.7 Å². The highest BCUT2D eigenvalue weighted by Crippen LogP contribution is 2.15. The van der Waals surface area contributed by atoms with Crippen molar-refractivity contribution in [3.8, 4) is 5.75 Å². The van der Waals surface area contributed by atoms with Crippen LogP contribution in [0, 0.1) is 0 Å². The third kappa shape index (κ3) is 7.46. The first-order valence-electron chi connectivity index (χ1n) is 8.68. The first-order valence-corrected chi connectivity index (χ1v) is 9.06. The van der Waals surface area contributed by atoms with Crippen LogP contribution in [0.4, 0.5) is 0 Å². The number of rotatable bonds is 6. The largest absolute Gasteiger partial charge is 0.492 e. The SMILES string of the molecule is CN=C(NCC1CN(C)CCN1C)N(C)CCOc1ccc(Cl)cc1.I. The first kappa shape index (κ1) is 23.3. The van der Waals surface area contributed by atoms with Crippen molar-refractivity contribution in [2.75, 3.05) is 67.5 Å². The van der Waals surface area contributed by atoms with Gasteiger partial charge in [0.15, 0.2) is 5.96 Å². The minimum absolute atomic E-state index is 0. The molecule has 0 radical (unpaired) electrons. The Kier molecular flexibility index (Phi) is 10.6. The summed E-state index contributed by atoms with van der Waals surface area (Å²) in [5.74, 6) is 1.72. The van der Waals surface area contributed by atoms with Gasteiger partial charge in [-0.3, -0.25) is 9.89 Å². The molecular weight excluding hydrogens is 465 g/mol. The van der Waals surface area contributed by atoms with Gasteiger partial charge in [0.25, 0.3) is 0 Å². The molecule has 26 heavy (non-hydrogen) atoms. The predicted octanol–water partition coefficient (Wildman–Crippen LogP) is 2.09. The molecule has 1 unspecified atom stereocenters. The van der Waals surface area contributed by atoms with Crippen LogP contribution in [0.3, 0.4) is 0 Å². The highest BCUT2D eigenvalue weighted by atomic mass is 127. The van der Waals surface area contributed by atoms with Crippen molar-refractivity contribution in [1.82, 2.24) is 20.0 Å². The lowest BCUT2D eigenvalue weighted by atomic mass is 10.2.